The number of rotatable bonds is 8. The fraction of sp³-hybridized carbons (Fsp3) is 1.00. The van der Waals surface area contributed by atoms with Crippen molar-refractivity contribution in [2.45, 2.75) is 58.0 Å². The Morgan fingerprint density at radius 2 is 1.50 bits per heavy atom. The first kappa shape index (κ1) is 14.9. The van der Waals surface area contributed by atoms with E-state index in [1.54, 1.807) is 0 Å². The summed E-state index contributed by atoms with van der Waals surface area (Å²) >= 11 is -0.464. The molecule has 0 aliphatic heterocycles. The van der Waals surface area contributed by atoms with Crippen LogP contribution in [0, 0.1) is 11.8 Å². The molecule has 0 saturated carbocycles. The van der Waals surface area contributed by atoms with Gasteiger partial charge in [-0.25, -0.2) is 0 Å². The normalized spacial score (nSPS) is 11.4. The maximum absolute atomic E-state index is 2.38. The van der Waals surface area contributed by atoms with E-state index in [0.717, 1.165) is 11.8 Å². The SMILES string of the molecule is CCCC[S][Al]([CH2]C(C)C)[CH2]C(C)C. The van der Waals surface area contributed by atoms with Crippen molar-refractivity contribution in [1.29, 1.82) is 0 Å². The molecule has 84 valence electrons. The third-order valence-electron chi connectivity index (χ3n) is 2.32. The van der Waals surface area contributed by atoms with Crippen molar-refractivity contribution in [1.82, 2.24) is 0 Å². The molecule has 0 amide bonds. The van der Waals surface area contributed by atoms with Crippen LogP contribution in [-0.4, -0.2) is 18.8 Å². The van der Waals surface area contributed by atoms with E-state index in [0.29, 0.717) is 0 Å². The summed E-state index contributed by atoms with van der Waals surface area (Å²) in [6, 6.07) is 0. The van der Waals surface area contributed by atoms with Crippen LogP contribution in [-0.2, 0) is 0 Å². The summed E-state index contributed by atoms with van der Waals surface area (Å²) in [6.07, 6.45) is 2.78. The van der Waals surface area contributed by atoms with Gasteiger partial charge in [0.2, 0.25) is 0 Å². The molecule has 0 saturated heterocycles. The van der Waals surface area contributed by atoms with E-state index in [1.807, 2.05) is 0 Å². The summed E-state index contributed by atoms with van der Waals surface area (Å²) in [5, 5.41) is 3.07. The molecule has 14 heavy (non-hydrogen) atoms. The summed E-state index contributed by atoms with van der Waals surface area (Å²) in [7, 11) is 2.34. The molecule has 0 unspecified atom stereocenters. The highest BCUT2D eigenvalue weighted by Gasteiger charge is 2.20. The number of hydrogen-bond acceptors (Lipinski definition) is 1. The van der Waals surface area contributed by atoms with E-state index < -0.39 is 13.0 Å². The average Bonchev–Trinajstić information content (AvgIpc) is 2.02. The summed E-state index contributed by atoms with van der Waals surface area (Å²) in [5.41, 5.74) is 0. The lowest BCUT2D eigenvalue weighted by atomic mass is 10.3. The molecule has 0 N–H and O–H groups in total. The Kier molecular flexibility index (Phi) is 9.71. The second kappa shape index (κ2) is 9.13. The first-order chi connectivity index (χ1) is 6.56. The lowest BCUT2D eigenvalue weighted by Crippen LogP contribution is -2.14. The molecule has 0 aromatic carbocycles. The van der Waals surface area contributed by atoms with Crippen molar-refractivity contribution < 1.29 is 0 Å². The monoisotopic (exact) mass is 230 g/mol. The zero-order chi connectivity index (χ0) is 11.0. The molecule has 0 spiro atoms. The molecule has 0 aliphatic carbocycles. The Hall–Kier alpha value is 0.882. The summed E-state index contributed by atoms with van der Waals surface area (Å²) < 4.78 is 0. The predicted octanol–water partition coefficient (Wildman–Crippen LogP) is 4.82. The number of hydrogen-bond donors (Lipinski definition) is 0. The standard InChI is InChI=1S/C4H10S.2C4H9.Al/c1-2-3-4-5;2*1-4(2)3;/h5H,2-4H2,1H3;2*4H,1H2,2-3H3;/q;;;+1/p-1. The highest BCUT2D eigenvalue weighted by atomic mass is 32.3. The van der Waals surface area contributed by atoms with Gasteiger partial charge in [-0.1, -0.05) is 63.4 Å². The molecule has 0 heterocycles. The molecule has 0 fully saturated rings. The van der Waals surface area contributed by atoms with Gasteiger partial charge in [0.15, 0.2) is 0 Å². The van der Waals surface area contributed by atoms with Gasteiger partial charge in [-0.05, 0) is 12.2 Å². The van der Waals surface area contributed by atoms with Crippen LogP contribution >= 0.6 is 10.1 Å². The van der Waals surface area contributed by atoms with Gasteiger partial charge >= 0.3 is 13.0 Å². The first-order valence-electron chi connectivity index (χ1n) is 6.17. The minimum atomic E-state index is -0.464. The van der Waals surface area contributed by atoms with Crippen molar-refractivity contribution in [3.05, 3.63) is 0 Å². The van der Waals surface area contributed by atoms with Crippen LogP contribution in [0.25, 0.3) is 0 Å². The topological polar surface area (TPSA) is 0 Å². The van der Waals surface area contributed by atoms with Crippen LogP contribution in [0.15, 0.2) is 0 Å². The van der Waals surface area contributed by atoms with E-state index in [2.05, 4.69) is 44.7 Å². The average molecular weight is 230 g/mol. The van der Waals surface area contributed by atoms with Gasteiger partial charge in [0, 0.05) is 0 Å². The van der Waals surface area contributed by atoms with E-state index in [9.17, 15) is 0 Å². The smallest absolute Gasteiger partial charge is 0.256 e. The van der Waals surface area contributed by atoms with Crippen LogP contribution in [0.5, 0.6) is 0 Å². The molecule has 0 nitrogen and oxygen atoms in total. The van der Waals surface area contributed by atoms with E-state index in [1.165, 1.54) is 29.2 Å². The second-order valence-corrected chi connectivity index (χ2v) is 11.0. The maximum atomic E-state index is 2.38. The molecular weight excluding hydrogens is 203 g/mol. The van der Waals surface area contributed by atoms with Crippen LogP contribution in [0.3, 0.4) is 0 Å². The lowest BCUT2D eigenvalue weighted by Gasteiger charge is -2.15. The largest absolute Gasteiger partial charge is 0.349 e. The van der Waals surface area contributed by atoms with Gasteiger partial charge in [0.1, 0.15) is 0 Å². The van der Waals surface area contributed by atoms with Crippen LogP contribution in [0.4, 0.5) is 0 Å². The zero-order valence-electron chi connectivity index (χ0n) is 10.7. The highest BCUT2D eigenvalue weighted by Crippen LogP contribution is 2.24. The maximum Gasteiger partial charge on any atom is 0.349 e. The highest BCUT2D eigenvalue weighted by molar-refractivity contribution is 8.25. The summed E-state index contributed by atoms with van der Waals surface area (Å²) in [5.74, 6) is 3.26. The van der Waals surface area contributed by atoms with Gasteiger partial charge in [-0.15, -0.1) is 0 Å². The summed E-state index contributed by atoms with van der Waals surface area (Å²) in [4.78, 5) is 0. The predicted molar refractivity (Wildman–Crippen MR) is 72.4 cm³/mol. The lowest BCUT2D eigenvalue weighted by molar-refractivity contribution is 0.697. The molecule has 0 aromatic rings. The Morgan fingerprint density at radius 1 is 1.00 bits per heavy atom. The number of unbranched alkanes of at least 4 members (excludes halogenated alkanes) is 1. The van der Waals surface area contributed by atoms with Crippen molar-refractivity contribution in [3.8, 4) is 0 Å². The second-order valence-electron chi connectivity index (χ2n) is 5.11. The first-order valence-corrected chi connectivity index (χ1v) is 10.3. The quantitative estimate of drug-likeness (QED) is 0.425. The van der Waals surface area contributed by atoms with Crippen molar-refractivity contribution in [2.75, 3.05) is 5.75 Å². The van der Waals surface area contributed by atoms with Gasteiger partial charge in [-0.3, -0.25) is 10.1 Å². The molecule has 0 atom stereocenters. The molecular formula is C12H27AlS. The van der Waals surface area contributed by atoms with Gasteiger partial charge in [0.25, 0.3) is 0 Å². The zero-order valence-corrected chi connectivity index (χ0v) is 12.6. The molecule has 2 heteroatoms. The van der Waals surface area contributed by atoms with Crippen molar-refractivity contribution in [3.63, 3.8) is 0 Å². The minimum absolute atomic E-state index is 0.464. The Labute approximate surface area is 98.7 Å². The fourth-order valence-corrected chi connectivity index (χ4v) is 9.66. The molecule has 0 aromatic heterocycles. The molecule has 0 aliphatic rings. The van der Waals surface area contributed by atoms with E-state index in [-0.39, 0.29) is 0 Å². The fourth-order valence-electron chi connectivity index (χ4n) is 1.68. The Balaban J connectivity index is 3.72. The van der Waals surface area contributed by atoms with Crippen LogP contribution in [0.1, 0.15) is 47.5 Å². The Morgan fingerprint density at radius 3 is 1.86 bits per heavy atom. The van der Waals surface area contributed by atoms with E-state index in [4.69, 9.17) is 0 Å². The van der Waals surface area contributed by atoms with Crippen molar-refractivity contribution >= 4 is 23.1 Å². The van der Waals surface area contributed by atoms with E-state index >= 15 is 0 Å². The van der Waals surface area contributed by atoms with Gasteiger partial charge in [0.05, 0.1) is 0 Å². The third kappa shape index (κ3) is 9.44. The molecule has 0 rings (SSSR count). The molecule has 0 radical (unpaired) electrons. The molecule has 0 bridgehead atoms. The minimum Gasteiger partial charge on any atom is -0.256 e. The summed E-state index contributed by atoms with van der Waals surface area (Å²) in [6.45, 7) is 11.8. The van der Waals surface area contributed by atoms with Crippen molar-refractivity contribution in [2.24, 2.45) is 11.8 Å². The third-order valence-corrected chi connectivity index (χ3v) is 9.53. The van der Waals surface area contributed by atoms with Crippen LogP contribution in [0.2, 0.25) is 10.6 Å². The Bertz CT molecular complexity index is 113. The van der Waals surface area contributed by atoms with Gasteiger partial charge < -0.3 is 0 Å². The van der Waals surface area contributed by atoms with Gasteiger partial charge in [-0.2, -0.15) is 0 Å². The van der Waals surface area contributed by atoms with Crippen LogP contribution < -0.4 is 0 Å².